The molecule has 3 aliphatic rings. The largest absolute Gasteiger partial charge is 0.489 e. The Morgan fingerprint density at radius 2 is 1.84 bits per heavy atom. The molecule has 1 aliphatic carbocycles. The fraction of sp³-hybridized carbons (Fsp3) is 0.292. The van der Waals surface area contributed by atoms with Crippen LogP contribution in [0.4, 0.5) is 0 Å². The van der Waals surface area contributed by atoms with Crippen molar-refractivity contribution in [2.45, 2.75) is 30.8 Å². The second-order valence-corrected chi connectivity index (χ2v) is 8.17. The van der Waals surface area contributed by atoms with Gasteiger partial charge >= 0.3 is 0 Å². The molecular formula is C24H22ClN3O4. The Morgan fingerprint density at radius 1 is 1.12 bits per heavy atom. The summed E-state index contributed by atoms with van der Waals surface area (Å²) in [5, 5.41) is 15.3. The molecule has 0 saturated heterocycles. The van der Waals surface area contributed by atoms with E-state index in [0.29, 0.717) is 41.5 Å². The molecule has 1 fully saturated rings. The number of nitrogens with one attached hydrogen (secondary N) is 2. The van der Waals surface area contributed by atoms with Crippen molar-refractivity contribution in [2.24, 2.45) is 0 Å². The summed E-state index contributed by atoms with van der Waals surface area (Å²) in [5.74, 6) is 0.0646. The van der Waals surface area contributed by atoms with Gasteiger partial charge in [-0.1, -0.05) is 29.8 Å². The lowest BCUT2D eigenvalue weighted by Crippen LogP contribution is -2.51. The van der Waals surface area contributed by atoms with Crippen LogP contribution in [0.2, 0.25) is 5.02 Å². The summed E-state index contributed by atoms with van der Waals surface area (Å²) in [6.45, 7) is 0.556. The SMILES string of the molecule is N#CC1(NC(=O)[C@@H]2Cc3ccc(c(Cl)c3)OC/C=C\COc3ccccc3C(=O)N2)CC1. The minimum absolute atomic E-state index is 0.196. The summed E-state index contributed by atoms with van der Waals surface area (Å²) in [4.78, 5) is 26.1. The fourth-order valence-electron chi connectivity index (χ4n) is 3.37. The van der Waals surface area contributed by atoms with Crippen molar-refractivity contribution in [3.05, 3.63) is 70.8 Å². The average Bonchev–Trinajstić information content (AvgIpc) is 3.56. The number of amides is 2. The highest BCUT2D eigenvalue weighted by Gasteiger charge is 2.45. The average molecular weight is 452 g/mol. The van der Waals surface area contributed by atoms with Crippen molar-refractivity contribution in [3.8, 4) is 17.6 Å². The Kier molecular flexibility index (Phi) is 6.33. The Labute approximate surface area is 191 Å². The van der Waals surface area contributed by atoms with Gasteiger partial charge in [0.2, 0.25) is 5.91 Å². The van der Waals surface area contributed by atoms with Crippen LogP contribution in [-0.2, 0) is 11.2 Å². The van der Waals surface area contributed by atoms with Crippen LogP contribution in [0.1, 0.15) is 28.8 Å². The summed E-state index contributed by atoms with van der Waals surface area (Å²) in [5.41, 5.74) is 0.216. The predicted octanol–water partition coefficient (Wildman–Crippen LogP) is 3.18. The molecule has 2 N–H and O–H groups in total. The third-order valence-corrected chi connectivity index (χ3v) is 5.65. The summed E-state index contributed by atoms with van der Waals surface area (Å²) >= 11 is 6.35. The van der Waals surface area contributed by atoms with E-state index in [4.69, 9.17) is 21.1 Å². The second kappa shape index (κ2) is 9.33. The number of carbonyl (C=O) groups excluding carboxylic acids is 2. The Balaban J connectivity index is 1.65. The summed E-state index contributed by atoms with van der Waals surface area (Å²) < 4.78 is 11.4. The number of carbonyl (C=O) groups is 2. The van der Waals surface area contributed by atoms with E-state index < -0.39 is 23.4 Å². The summed E-state index contributed by atoms with van der Waals surface area (Å²) in [6.07, 6.45) is 4.98. The quantitative estimate of drug-likeness (QED) is 0.683. The van der Waals surface area contributed by atoms with Crippen molar-refractivity contribution < 1.29 is 19.1 Å². The Morgan fingerprint density at radius 3 is 2.53 bits per heavy atom. The van der Waals surface area contributed by atoms with Crippen molar-refractivity contribution in [1.82, 2.24) is 10.6 Å². The molecule has 2 heterocycles. The standard InChI is InChI=1S/C24H22ClN3O4/c25-18-13-16-7-8-21(18)32-12-4-3-11-31-20-6-2-1-5-17(20)22(29)27-19(14-16)23(30)28-24(15-26)9-10-24/h1-8,13,19H,9-12,14H2,(H,27,29)(H,28,30)/b4-3-/t19-/m0/s1. The number of benzene rings is 2. The van der Waals surface area contributed by atoms with Crippen LogP contribution in [0.25, 0.3) is 0 Å². The van der Waals surface area contributed by atoms with Gasteiger partial charge in [0.05, 0.1) is 16.7 Å². The molecule has 2 amide bonds. The maximum atomic E-state index is 13.1. The smallest absolute Gasteiger partial charge is 0.255 e. The number of halogens is 1. The van der Waals surface area contributed by atoms with E-state index in [0.717, 1.165) is 5.56 Å². The minimum atomic E-state index is -0.906. The normalized spacial score (nSPS) is 20.5. The van der Waals surface area contributed by atoms with Gasteiger partial charge in [0.25, 0.3) is 5.91 Å². The van der Waals surface area contributed by atoms with Crippen molar-refractivity contribution in [3.63, 3.8) is 0 Å². The van der Waals surface area contributed by atoms with Gasteiger partial charge in [0, 0.05) is 6.42 Å². The van der Waals surface area contributed by atoms with E-state index in [9.17, 15) is 14.9 Å². The van der Waals surface area contributed by atoms with Crippen LogP contribution in [0.5, 0.6) is 11.5 Å². The molecule has 8 heteroatoms. The summed E-state index contributed by atoms with van der Waals surface area (Å²) in [6, 6.07) is 13.3. The molecule has 32 heavy (non-hydrogen) atoms. The van der Waals surface area contributed by atoms with Crippen LogP contribution >= 0.6 is 11.6 Å². The molecule has 0 unspecified atom stereocenters. The van der Waals surface area contributed by atoms with Crippen LogP contribution in [-0.4, -0.2) is 36.6 Å². The number of ether oxygens (including phenoxy) is 2. The lowest BCUT2D eigenvalue weighted by molar-refractivity contribution is -0.123. The third-order valence-electron chi connectivity index (χ3n) is 5.35. The zero-order valence-corrected chi connectivity index (χ0v) is 18.0. The van der Waals surface area contributed by atoms with E-state index in [2.05, 4.69) is 16.7 Å². The number of hydrogen-bond donors (Lipinski definition) is 2. The van der Waals surface area contributed by atoms with Gasteiger partial charge < -0.3 is 20.1 Å². The molecule has 0 spiro atoms. The molecule has 2 aliphatic heterocycles. The first-order valence-corrected chi connectivity index (χ1v) is 10.7. The molecule has 7 nitrogen and oxygen atoms in total. The molecule has 0 aromatic heterocycles. The van der Waals surface area contributed by atoms with Gasteiger partial charge in [-0.2, -0.15) is 5.26 Å². The molecule has 2 aromatic rings. The zero-order chi connectivity index (χ0) is 22.6. The number of rotatable bonds is 2. The van der Waals surface area contributed by atoms with Crippen LogP contribution in [0, 0.1) is 11.3 Å². The third kappa shape index (κ3) is 5.04. The van der Waals surface area contributed by atoms with Crippen molar-refractivity contribution in [1.29, 1.82) is 5.26 Å². The number of para-hydroxylation sites is 1. The van der Waals surface area contributed by atoms with Gasteiger partial charge in [-0.15, -0.1) is 0 Å². The number of fused-ring (bicyclic) bond motifs is 9. The zero-order valence-electron chi connectivity index (χ0n) is 17.3. The van der Waals surface area contributed by atoms with E-state index in [1.165, 1.54) is 0 Å². The minimum Gasteiger partial charge on any atom is -0.489 e. The van der Waals surface area contributed by atoms with E-state index >= 15 is 0 Å². The topological polar surface area (TPSA) is 100 Å². The molecule has 5 rings (SSSR count). The molecular weight excluding hydrogens is 430 g/mol. The van der Waals surface area contributed by atoms with Gasteiger partial charge in [-0.3, -0.25) is 9.59 Å². The first-order valence-electron chi connectivity index (χ1n) is 10.3. The summed E-state index contributed by atoms with van der Waals surface area (Å²) in [7, 11) is 0. The van der Waals surface area contributed by atoms with Crippen LogP contribution < -0.4 is 20.1 Å². The lowest BCUT2D eigenvalue weighted by Gasteiger charge is -2.21. The monoisotopic (exact) mass is 451 g/mol. The van der Waals surface area contributed by atoms with Crippen molar-refractivity contribution in [2.75, 3.05) is 13.2 Å². The molecule has 1 atom stereocenters. The van der Waals surface area contributed by atoms with E-state index in [-0.39, 0.29) is 13.0 Å². The molecule has 0 radical (unpaired) electrons. The van der Waals surface area contributed by atoms with Gasteiger partial charge in [0.1, 0.15) is 36.3 Å². The predicted molar refractivity (Wildman–Crippen MR) is 119 cm³/mol. The first kappa shape index (κ1) is 21.7. The molecule has 1 saturated carbocycles. The van der Waals surface area contributed by atoms with Gasteiger partial charge in [0.15, 0.2) is 0 Å². The first-order chi connectivity index (χ1) is 15.5. The highest BCUT2D eigenvalue weighted by atomic mass is 35.5. The Hall–Kier alpha value is -3.50. The van der Waals surface area contributed by atoms with Crippen LogP contribution in [0.15, 0.2) is 54.6 Å². The van der Waals surface area contributed by atoms with E-state index in [1.807, 2.05) is 6.08 Å². The number of hydrogen-bond acceptors (Lipinski definition) is 5. The number of nitrogens with zero attached hydrogens (tertiary/aromatic N) is 1. The Bertz CT molecular complexity index is 1100. The maximum absolute atomic E-state index is 13.1. The number of nitriles is 1. The molecule has 2 aromatic carbocycles. The fourth-order valence-corrected chi connectivity index (χ4v) is 3.63. The van der Waals surface area contributed by atoms with Crippen molar-refractivity contribution >= 4 is 23.4 Å². The highest BCUT2D eigenvalue weighted by molar-refractivity contribution is 6.32. The second-order valence-electron chi connectivity index (χ2n) is 7.77. The van der Waals surface area contributed by atoms with E-state index in [1.54, 1.807) is 48.5 Å². The molecule has 164 valence electrons. The van der Waals surface area contributed by atoms with Gasteiger partial charge in [-0.25, -0.2) is 0 Å². The van der Waals surface area contributed by atoms with Gasteiger partial charge in [-0.05, 0) is 54.8 Å². The highest BCUT2D eigenvalue weighted by Crippen LogP contribution is 2.34. The lowest BCUT2D eigenvalue weighted by atomic mass is 10.0. The maximum Gasteiger partial charge on any atom is 0.255 e. The molecule has 2 bridgehead atoms. The van der Waals surface area contributed by atoms with Crippen LogP contribution in [0.3, 0.4) is 0 Å².